The highest BCUT2D eigenvalue weighted by molar-refractivity contribution is 6.32. The molecule has 0 saturated carbocycles. The third-order valence-corrected chi connectivity index (χ3v) is 2.29. The summed E-state index contributed by atoms with van der Waals surface area (Å²) in [6.45, 7) is 1.70. The maximum absolute atomic E-state index is 11.9. The highest BCUT2D eigenvalue weighted by atomic mass is 35.5. The lowest BCUT2D eigenvalue weighted by Crippen LogP contribution is -2.32. The molecule has 2 atom stereocenters. The summed E-state index contributed by atoms with van der Waals surface area (Å²) >= 11 is 11.2. The summed E-state index contributed by atoms with van der Waals surface area (Å²) < 4.78 is 39.5. The van der Waals surface area contributed by atoms with Gasteiger partial charge in [-0.1, -0.05) is 23.3 Å². The van der Waals surface area contributed by atoms with Crippen molar-refractivity contribution >= 4 is 23.2 Å². The first-order valence-electron chi connectivity index (χ1n) is 3.74. The highest BCUT2D eigenvalue weighted by Gasteiger charge is 2.38. The van der Waals surface area contributed by atoms with Crippen molar-refractivity contribution in [3.8, 4) is 0 Å². The van der Waals surface area contributed by atoms with Gasteiger partial charge in [0.25, 0.3) is 0 Å². The molecule has 80 valence electrons. The Morgan fingerprint density at radius 3 is 2.43 bits per heavy atom. The molecule has 1 aliphatic carbocycles. The zero-order valence-corrected chi connectivity index (χ0v) is 8.62. The van der Waals surface area contributed by atoms with Gasteiger partial charge in [0.1, 0.15) is 6.10 Å². The zero-order chi connectivity index (χ0) is 10.9. The number of ether oxygens (including phenoxy) is 1. The second-order valence-electron chi connectivity index (χ2n) is 2.87. The average Bonchev–Trinajstić information content (AvgIpc) is 1.95. The Balaban J connectivity index is 2.77. The lowest BCUT2D eigenvalue weighted by molar-refractivity contribution is -0.336. The van der Waals surface area contributed by atoms with Crippen LogP contribution in [0.3, 0.4) is 0 Å². The Hall–Kier alpha value is -0.190. The number of rotatable bonds is 1. The second-order valence-corrected chi connectivity index (χ2v) is 3.81. The maximum Gasteiger partial charge on any atom is 0.523 e. The summed E-state index contributed by atoms with van der Waals surface area (Å²) in [7, 11) is 0. The van der Waals surface area contributed by atoms with Crippen LogP contribution in [0.1, 0.15) is 6.92 Å². The standard InChI is InChI=1S/C8H7Cl2F3O/c1-4-2-5(9)7(6(10)3-4)14-8(11,12)13/h2-3,5,7H,1H3/t5-,7?/m1/s1. The molecular formula is C8H7Cl2F3O. The monoisotopic (exact) mass is 246 g/mol. The highest BCUT2D eigenvalue weighted by Crippen LogP contribution is 2.32. The predicted molar refractivity (Wildman–Crippen MR) is 48.3 cm³/mol. The molecule has 0 radical (unpaired) electrons. The largest absolute Gasteiger partial charge is 0.523 e. The number of alkyl halides is 4. The van der Waals surface area contributed by atoms with Gasteiger partial charge in [-0.2, -0.15) is 0 Å². The summed E-state index contributed by atoms with van der Waals surface area (Å²) in [4.78, 5) is 0. The van der Waals surface area contributed by atoms with E-state index < -0.39 is 17.8 Å². The smallest absolute Gasteiger partial charge is 0.281 e. The molecule has 0 spiro atoms. The van der Waals surface area contributed by atoms with Crippen molar-refractivity contribution in [2.45, 2.75) is 24.8 Å². The lowest BCUT2D eigenvalue weighted by atomic mass is 10.1. The number of allylic oxidation sites excluding steroid dienone is 2. The number of hydrogen-bond acceptors (Lipinski definition) is 1. The van der Waals surface area contributed by atoms with Gasteiger partial charge in [-0.15, -0.1) is 24.8 Å². The maximum atomic E-state index is 11.9. The van der Waals surface area contributed by atoms with E-state index in [1.54, 1.807) is 6.92 Å². The summed E-state index contributed by atoms with van der Waals surface area (Å²) in [6.07, 6.45) is -3.21. The summed E-state index contributed by atoms with van der Waals surface area (Å²) in [5, 5.41) is -0.934. The Morgan fingerprint density at radius 1 is 1.43 bits per heavy atom. The van der Waals surface area contributed by atoms with Crippen LogP contribution in [0.25, 0.3) is 0 Å². The second kappa shape index (κ2) is 4.13. The molecule has 0 aromatic heterocycles. The molecule has 14 heavy (non-hydrogen) atoms. The molecule has 0 aromatic rings. The van der Waals surface area contributed by atoms with E-state index in [4.69, 9.17) is 23.2 Å². The third-order valence-electron chi connectivity index (χ3n) is 1.61. The molecular weight excluding hydrogens is 240 g/mol. The van der Waals surface area contributed by atoms with E-state index in [-0.39, 0.29) is 5.03 Å². The van der Waals surface area contributed by atoms with Crippen molar-refractivity contribution in [1.29, 1.82) is 0 Å². The number of hydrogen-bond donors (Lipinski definition) is 0. The topological polar surface area (TPSA) is 9.23 Å². The molecule has 1 unspecified atom stereocenters. The minimum absolute atomic E-state index is 0.0395. The molecule has 0 amide bonds. The van der Waals surface area contributed by atoms with Gasteiger partial charge in [0.15, 0.2) is 0 Å². The van der Waals surface area contributed by atoms with Crippen LogP contribution in [0, 0.1) is 0 Å². The minimum Gasteiger partial charge on any atom is -0.281 e. The van der Waals surface area contributed by atoms with Crippen LogP contribution < -0.4 is 0 Å². The van der Waals surface area contributed by atoms with E-state index in [0.29, 0.717) is 0 Å². The van der Waals surface area contributed by atoms with Crippen LogP contribution in [0.4, 0.5) is 13.2 Å². The zero-order valence-electron chi connectivity index (χ0n) is 7.11. The molecule has 0 fully saturated rings. The van der Waals surface area contributed by atoms with E-state index in [1.165, 1.54) is 12.2 Å². The van der Waals surface area contributed by atoms with Crippen molar-refractivity contribution < 1.29 is 17.9 Å². The first-order chi connectivity index (χ1) is 6.29. The van der Waals surface area contributed by atoms with Gasteiger partial charge in [0, 0.05) is 5.03 Å². The third kappa shape index (κ3) is 3.19. The van der Waals surface area contributed by atoms with Gasteiger partial charge >= 0.3 is 6.36 Å². The van der Waals surface area contributed by atoms with Crippen LogP contribution in [-0.2, 0) is 4.74 Å². The molecule has 1 aliphatic rings. The van der Waals surface area contributed by atoms with Gasteiger partial charge in [0.05, 0.1) is 5.38 Å². The minimum atomic E-state index is -4.73. The van der Waals surface area contributed by atoms with Crippen LogP contribution >= 0.6 is 23.2 Å². The first kappa shape index (κ1) is 11.9. The Bertz CT molecular complexity index is 283. The summed E-state index contributed by atoms with van der Waals surface area (Å²) in [5.74, 6) is 0. The lowest BCUT2D eigenvalue weighted by Gasteiger charge is -2.24. The van der Waals surface area contributed by atoms with Crippen LogP contribution in [0.15, 0.2) is 22.8 Å². The van der Waals surface area contributed by atoms with E-state index in [9.17, 15) is 13.2 Å². The molecule has 0 aromatic carbocycles. The van der Waals surface area contributed by atoms with Crippen molar-refractivity contribution in [3.63, 3.8) is 0 Å². The number of halogens is 5. The predicted octanol–water partition coefficient (Wildman–Crippen LogP) is 3.58. The molecule has 0 heterocycles. The summed E-state index contributed by atoms with van der Waals surface area (Å²) in [5.41, 5.74) is 0.719. The van der Waals surface area contributed by atoms with Gasteiger partial charge in [-0.3, -0.25) is 4.74 Å². The van der Waals surface area contributed by atoms with Crippen LogP contribution in [0.2, 0.25) is 0 Å². The summed E-state index contributed by atoms with van der Waals surface area (Å²) in [6, 6.07) is 0. The fraction of sp³-hybridized carbons (Fsp3) is 0.500. The molecule has 0 N–H and O–H groups in total. The normalized spacial score (nSPS) is 28.4. The van der Waals surface area contributed by atoms with E-state index in [1.807, 2.05) is 0 Å². The molecule has 1 nitrogen and oxygen atoms in total. The SMILES string of the molecule is CC1=C[C@@H](Cl)C(OC(F)(F)F)C(Cl)=C1. The van der Waals surface area contributed by atoms with Crippen molar-refractivity contribution in [2.24, 2.45) is 0 Å². The fourth-order valence-corrected chi connectivity index (χ4v) is 1.91. The Kier molecular flexibility index (Phi) is 3.50. The molecule has 6 heteroatoms. The molecule has 0 aliphatic heterocycles. The van der Waals surface area contributed by atoms with E-state index >= 15 is 0 Å². The van der Waals surface area contributed by atoms with Crippen LogP contribution in [0.5, 0.6) is 0 Å². The van der Waals surface area contributed by atoms with Crippen LogP contribution in [-0.4, -0.2) is 17.8 Å². The van der Waals surface area contributed by atoms with Crippen molar-refractivity contribution in [3.05, 3.63) is 22.8 Å². The molecule has 0 bridgehead atoms. The van der Waals surface area contributed by atoms with Gasteiger partial charge in [-0.25, -0.2) is 0 Å². The van der Waals surface area contributed by atoms with Gasteiger partial charge < -0.3 is 0 Å². The van der Waals surface area contributed by atoms with Crippen molar-refractivity contribution in [1.82, 2.24) is 0 Å². The van der Waals surface area contributed by atoms with Gasteiger partial charge in [0.2, 0.25) is 0 Å². The van der Waals surface area contributed by atoms with Gasteiger partial charge in [-0.05, 0) is 13.0 Å². The van der Waals surface area contributed by atoms with E-state index in [0.717, 1.165) is 5.57 Å². The Morgan fingerprint density at radius 2 is 2.00 bits per heavy atom. The van der Waals surface area contributed by atoms with E-state index in [2.05, 4.69) is 4.74 Å². The Labute approximate surface area is 89.1 Å². The fourth-order valence-electron chi connectivity index (χ4n) is 1.10. The average molecular weight is 247 g/mol. The molecule has 0 saturated heterocycles. The van der Waals surface area contributed by atoms with Crippen molar-refractivity contribution in [2.75, 3.05) is 0 Å². The first-order valence-corrected chi connectivity index (χ1v) is 4.55. The molecule has 1 rings (SSSR count). The quantitative estimate of drug-likeness (QED) is 0.643.